The number of sulfonamides is 1. The minimum atomic E-state index is -3.92. The smallest absolute Gasteiger partial charge is 0.243 e. The first kappa shape index (κ1) is 17.5. The normalized spacial score (nSPS) is 11.4. The Labute approximate surface area is 148 Å². The first-order valence-corrected chi connectivity index (χ1v) is 9.67. The van der Waals surface area contributed by atoms with Crippen molar-refractivity contribution in [2.24, 2.45) is 0 Å². The van der Waals surface area contributed by atoms with Gasteiger partial charge in [0.2, 0.25) is 15.9 Å². The molecule has 0 saturated heterocycles. The maximum absolute atomic E-state index is 13.5. The van der Waals surface area contributed by atoms with Crippen LogP contribution in [-0.4, -0.2) is 31.8 Å². The first-order valence-electron chi connectivity index (χ1n) is 7.31. The van der Waals surface area contributed by atoms with E-state index in [0.717, 1.165) is 16.6 Å². The summed E-state index contributed by atoms with van der Waals surface area (Å²) in [6.45, 7) is 0.0196. The molecule has 0 aliphatic carbocycles. The Morgan fingerprint density at radius 3 is 2.60 bits per heavy atom. The number of hydrogen-bond acceptors (Lipinski definition) is 6. The predicted molar refractivity (Wildman–Crippen MR) is 92.4 cm³/mol. The standard InChI is InChI=1S/C16H14FN3O3S2/c17-12-4-1-2-6-15(12)25(21,22)18-9-10-23-16-8-7-13(19-20-16)14-5-3-11-24-14/h1-8,11,18H,9-10H2. The van der Waals surface area contributed by atoms with E-state index in [1.54, 1.807) is 23.5 Å². The van der Waals surface area contributed by atoms with Gasteiger partial charge in [-0.1, -0.05) is 18.2 Å². The van der Waals surface area contributed by atoms with Crippen molar-refractivity contribution >= 4 is 21.4 Å². The number of halogens is 1. The maximum Gasteiger partial charge on any atom is 0.243 e. The molecule has 2 aromatic heterocycles. The van der Waals surface area contributed by atoms with Crippen LogP contribution < -0.4 is 9.46 Å². The number of aromatic nitrogens is 2. The van der Waals surface area contributed by atoms with Gasteiger partial charge in [0.05, 0.1) is 4.88 Å². The van der Waals surface area contributed by atoms with Crippen molar-refractivity contribution in [2.45, 2.75) is 4.90 Å². The summed E-state index contributed by atoms with van der Waals surface area (Å²) >= 11 is 1.55. The minimum absolute atomic E-state index is 0.0228. The molecule has 0 unspecified atom stereocenters. The van der Waals surface area contributed by atoms with Crippen molar-refractivity contribution in [1.29, 1.82) is 0 Å². The van der Waals surface area contributed by atoms with Crippen LogP contribution >= 0.6 is 11.3 Å². The number of benzene rings is 1. The van der Waals surface area contributed by atoms with E-state index in [1.165, 1.54) is 18.2 Å². The third-order valence-electron chi connectivity index (χ3n) is 3.18. The molecule has 0 saturated carbocycles. The summed E-state index contributed by atoms with van der Waals surface area (Å²) in [4.78, 5) is 0.604. The van der Waals surface area contributed by atoms with Gasteiger partial charge in [-0.25, -0.2) is 17.5 Å². The molecule has 0 fully saturated rings. The second-order valence-electron chi connectivity index (χ2n) is 4.91. The molecule has 6 nitrogen and oxygen atoms in total. The highest BCUT2D eigenvalue weighted by atomic mass is 32.2. The SMILES string of the molecule is O=S(=O)(NCCOc1ccc(-c2cccs2)nn1)c1ccccc1F. The third kappa shape index (κ3) is 4.38. The number of nitrogens with zero attached hydrogens (tertiary/aromatic N) is 2. The second kappa shape index (κ2) is 7.68. The van der Waals surface area contributed by atoms with Gasteiger partial charge in [-0.15, -0.1) is 21.5 Å². The number of thiophene rings is 1. The van der Waals surface area contributed by atoms with E-state index in [1.807, 2.05) is 17.5 Å². The van der Waals surface area contributed by atoms with Gasteiger partial charge in [-0.05, 0) is 29.6 Å². The van der Waals surface area contributed by atoms with Crippen LogP contribution in [0.3, 0.4) is 0 Å². The van der Waals surface area contributed by atoms with Crippen molar-refractivity contribution in [3.05, 3.63) is 59.7 Å². The Hall–Kier alpha value is -2.36. The Morgan fingerprint density at radius 2 is 1.92 bits per heavy atom. The molecule has 2 heterocycles. The zero-order valence-electron chi connectivity index (χ0n) is 12.9. The van der Waals surface area contributed by atoms with E-state index >= 15 is 0 Å². The van der Waals surface area contributed by atoms with Crippen LogP contribution in [0, 0.1) is 5.82 Å². The van der Waals surface area contributed by atoms with Crippen LogP contribution in [0.15, 0.2) is 58.8 Å². The highest BCUT2D eigenvalue weighted by molar-refractivity contribution is 7.89. The molecule has 1 N–H and O–H groups in total. The molecule has 25 heavy (non-hydrogen) atoms. The molecule has 0 amide bonds. The average molecular weight is 379 g/mol. The molecule has 0 spiro atoms. The predicted octanol–water partition coefficient (Wildman–Crippen LogP) is 2.70. The Bertz CT molecular complexity index is 930. The lowest BCUT2D eigenvalue weighted by atomic mass is 10.3. The molecule has 1 aromatic carbocycles. The van der Waals surface area contributed by atoms with E-state index in [4.69, 9.17) is 4.74 Å². The van der Waals surface area contributed by atoms with Gasteiger partial charge in [0.1, 0.15) is 23.0 Å². The van der Waals surface area contributed by atoms with Crippen molar-refractivity contribution in [2.75, 3.05) is 13.2 Å². The van der Waals surface area contributed by atoms with Gasteiger partial charge >= 0.3 is 0 Å². The second-order valence-corrected chi connectivity index (χ2v) is 7.59. The number of nitrogens with one attached hydrogen (secondary N) is 1. The van der Waals surface area contributed by atoms with Gasteiger partial charge in [0.15, 0.2) is 0 Å². The van der Waals surface area contributed by atoms with Gasteiger partial charge in [-0.3, -0.25) is 0 Å². The molecule has 9 heteroatoms. The van der Waals surface area contributed by atoms with Crippen LogP contribution in [0.4, 0.5) is 4.39 Å². The minimum Gasteiger partial charge on any atom is -0.475 e. The van der Waals surface area contributed by atoms with Crippen molar-refractivity contribution < 1.29 is 17.5 Å². The van der Waals surface area contributed by atoms with E-state index in [-0.39, 0.29) is 19.0 Å². The van der Waals surface area contributed by atoms with Gasteiger partial charge in [0, 0.05) is 12.6 Å². The summed E-state index contributed by atoms with van der Waals surface area (Å²) in [5, 5.41) is 9.94. The van der Waals surface area contributed by atoms with E-state index in [9.17, 15) is 12.8 Å². The van der Waals surface area contributed by atoms with Crippen LogP contribution in [0.25, 0.3) is 10.6 Å². The van der Waals surface area contributed by atoms with Crippen molar-refractivity contribution in [3.8, 4) is 16.5 Å². The summed E-state index contributed by atoms with van der Waals surface area (Å²) in [6.07, 6.45) is 0. The summed E-state index contributed by atoms with van der Waals surface area (Å²) in [6, 6.07) is 12.5. The zero-order valence-corrected chi connectivity index (χ0v) is 14.6. The zero-order chi connectivity index (χ0) is 17.7. The summed E-state index contributed by atoms with van der Waals surface area (Å²) < 4.78 is 45.2. The van der Waals surface area contributed by atoms with Crippen molar-refractivity contribution in [1.82, 2.24) is 14.9 Å². The lowest BCUT2D eigenvalue weighted by Gasteiger charge is -2.08. The van der Waals surface area contributed by atoms with Crippen molar-refractivity contribution in [3.63, 3.8) is 0 Å². The Kier molecular flexibility index (Phi) is 5.37. The maximum atomic E-state index is 13.5. The third-order valence-corrected chi connectivity index (χ3v) is 5.57. The van der Waals surface area contributed by atoms with E-state index in [0.29, 0.717) is 0 Å². The molecule has 0 radical (unpaired) electrons. The highest BCUT2D eigenvalue weighted by Gasteiger charge is 2.17. The van der Waals surface area contributed by atoms with Crippen LogP contribution in [0.5, 0.6) is 5.88 Å². The highest BCUT2D eigenvalue weighted by Crippen LogP contribution is 2.22. The van der Waals surface area contributed by atoms with Gasteiger partial charge < -0.3 is 4.74 Å². The van der Waals surface area contributed by atoms with Gasteiger partial charge in [0.25, 0.3) is 0 Å². The molecule has 3 aromatic rings. The van der Waals surface area contributed by atoms with Crippen LogP contribution in [-0.2, 0) is 10.0 Å². The molecule has 0 aliphatic heterocycles. The largest absolute Gasteiger partial charge is 0.475 e. The molecule has 0 atom stereocenters. The fourth-order valence-corrected chi connectivity index (χ4v) is 3.81. The molecule has 0 aliphatic rings. The van der Waals surface area contributed by atoms with Crippen LogP contribution in [0.2, 0.25) is 0 Å². The first-order chi connectivity index (χ1) is 12.1. The summed E-state index contributed by atoms with van der Waals surface area (Å²) in [5.74, 6) is -0.517. The summed E-state index contributed by atoms with van der Waals surface area (Å²) in [7, 11) is -3.92. The fraction of sp³-hybridized carbons (Fsp3) is 0.125. The van der Waals surface area contributed by atoms with Gasteiger partial charge in [-0.2, -0.15) is 0 Å². The van der Waals surface area contributed by atoms with E-state index in [2.05, 4.69) is 14.9 Å². The molecular formula is C16H14FN3O3S2. The monoisotopic (exact) mass is 379 g/mol. The topological polar surface area (TPSA) is 81.2 Å². The number of ether oxygens (including phenoxy) is 1. The molecular weight excluding hydrogens is 365 g/mol. The van der Waals surface area contributed by atoms with E-state index < -0.39 is 20.7 Å². The fourth-order valence-electron chi connectivity index (χ4n) is 2.02. The Morgan fingerprint density at radius 1 is 1.08 bits per heavy atom. The average Bonchev–Trinajstić information content (AvgIpc) is 3.14. The quantitative estimate of drug-likeness (QED) is 0.639. The lowest BCUT2D eigenvalue weighted by molar-refractivity contribution is 0.307. The number of hydrogen-bond donors (Lipinski definition) is 1. The van der Waals surface area contributed by atoms with Crippen LogP contribution in [0.1, 0.15) is 0 Å². The Balaban J connectivity index is 1.52. The summed E-state index contributed by atoms with van der Waals surface area (Å²) in [5.41, 5.74) is 0.739. The molecule has 0 bridgehead atoms. The lowest BCUT2D eigenvalue weighted by Crippen LogP contribution is -2.29. The molecule has 130 valence electrons. The number of rotatable bonds is 7. The molecule has 3 rings (SSSR count).